The molecule has 2 N–H and O–H groups in total. The quantitative estimate of drug-likeness (QED) is 0.425. The van der Waals surface area contributed by atoms with Crippen molar-refractivity contribution in [2.45, 2.75) is 12.5 Å². The van der Waals surface area contributed by atoms with E-state index in [0.29, 0.717) is 45.5 Å². The van der Waals surface area contributed by atoms with Crippen LogP contribution in [0, 0.1) is 11.3 Å². The molecule has 4 aromatic rings. The zero-order valence-corrected chi connectivity index (χ0v) is 20.3. The van der Waals surface area contributed by atoms with Gasteiger partial charge in [0.25, 0.3) is 5.91 Å². The molecule has 1 saturated heterocycles. The third kappa shape index (κ3) is 4.34. The average Bonchev–Trinajstić information content (AvgIpc) is 3.57. The van der Waals surface area contributed by atoms with Crippen LogP contribution in [0.1, 0.15) is 22.3 Å². The summed E-state index contributed by atoms with van der Waals surface area (Å²) in [5.41, 5.74) is 5.17. The number of hydrogen-bond donors (Lipinski definition) is 2. The number of pyridine rings is 2. The molecule has 9 nitrogen and oxygen atoms in total. The van der Waals surface area contributed by atoms with Crippen molar-refractivity contribution in [3.05, 3.63) is 59.9 Å². The lowest BCUT2D eigenvalue weighted by molar-refractivity contribution is 0.0827. The zero-order chi connectivity index (χ0) is 25.2. The minimum atomic E-state index is -0.170. The van der Waals surface area contributed by atoms with Crippen LogP contribution in [0.15, 0.2) is 53.2 Å². The van der Waals surface area contributed by atoms with Crippen LogP contribution in [0.3, 0.4) is 0 Å². The number of methoxy groups -OCH3 is 1. The number of nitrogens with one attached hydrogen (secondary N) is 2. The Hall–Kier alpha value is -4.42. The molecule has 5 rings (SSSR count). The Morgan fingerprint density at radius 2 is 2.11 bits per heavy atom. The second-order valence-electron chi connectivity index (χ2n) is 8.86. The van der Waals surface area contributed by atoms with E-state index in [2.05, 4.69) is 26.7 Å². The molecule has 0 saturated carbocycles. The maximum absolute atomic E-state index is 12.3. The lowest BCUT2D eigenvalue weighted by Crippen LogP contribution is -2.22. The van der Waals surface area contributed by atoms with E-state index in [1.54, 1.807) is 32.4 Å². The number of fused-ring (bicyclic) bond motifs is 1. The maximum Gasteiger partial charge on any atom is 0.255 e. The molecule has 0 bridgehead atoms. The van der Waals surface area contributed by atoms with Crippen LogP contribution in [-0.4, -0.2) is 61.1 Å². The van der Waals surface area contributed by atoms with Gasteiger partial charge in [-0.25, -0.2) is 4.98 Å². The summed E-state index contributed by atoms with van der Waals surface area (Å²) in [5.74, 6) is 0.724. The molecule has 182 valence electrons. The van der Waals surface area contributed by atoms with Crippen molar-refractivity contribution in [2.24, 2.45) is 0 Å². The van der Waals surface area contributed by atoms with Crippen LogP contribution >= 0.6 is 0 Å². The summed E-state index contributed by atoms with van der Waals surface area (Å²) in [4.78, 5) is 22.7. The van der Waals surface area contributed by atoms with Crippen molar-refractivity contribution >= 4 is 22.7 Å². The molecular formula is C27H26N6O3. The molecule has 1 aliphatic heterocycles. The first kappa shape index (κ1) is 23.3. The Bertz CT molecular complexity index is 1480. The summed E-state index contributed by atoms with van der Waals surface area (Å²) in [5, 5.41) is 16.6. The Balaban J connectivity index is 1.53. The number of nitrogens with zero attached hydrogens (tertiary/aromatic N) is 4. The van der Waals surface area contributed by atoms with Crippen molar-refractivity contribution in [3.8, 4) is 34.4 Å². The highest BCUT2D eigenvalue weighted by Gasteiger charge is 2.20. The number of hydrogen-bond acceptors (Lipinski definition) is 8. The first-order chi connectivity index (χ1) is 17.5. The Morgan fingerprint density at radius 1 is 1.25 bits per heavy atom. The van der Waals surface area contributed by atoms with Crippen molar-refractivity contribution < 1.29 is 13.9 Å². The van der Waals surface area contributed by atoms with Crippen LogP contribution < -0.4 is 15.4 Å². The topological polar surface area (TPSA) is 116 Å². The number of nitriles is 1. The van der Waals surface area contributed by atoms with Crippen molar-refractivity contribution in [1.82, 2.24) is 20.2 Å². The number of benzene rings is 1. The van der Waals surface area contributed by atoms with Crippen LogP contribution in [-0.2, 0) is 0 Å². The second-order valence-corrected chi connectivity index (χ2v) is 8.86. The SMILES string of the molecule is COc1cc(C(=O)N(C)C)cnc1-c1cc2nccc(-c3ccc(NC4CCNC4)c(C#N)c3)c2o1. The number of anilines is 1. The summed E-state index contributed by atoms with van der Waals surface area (Å²) in [6.07, 6.45) is 4.24. The Kier molecular flexibility index (Phi) is 6.27. The van der Waals surface area contributed by atoms with Gasteiger partial charge in [0.05, 0.1) is 23.9 Å². The van der Waals surface area contributed by atoms with Gasteiger partial charge in [0, 0.05) is 50.7 Å². The van der Waals surface area contributed by atoms with E-state index < -0.39 is 0 Å². The Morgan fingerprint density at radius 3 is 2.83 bits per heavy atom. The summed E-state index contributed by atoms with van der Waals surface area (Å²) in [7, 11) is 4.89. The van der Waals surface area contributed by atoms with E-state index in [1.807, 2.05) is 24.3 Å². The third-order valence-corrected chi connectivity index (χ3v) is 6.24. The fourth-order valence-electron chi connectivity index (χ4n) is 4.37. The summed E-state index contributed by atoms with van der Waals surface area (Å²) >= 11 is 0. The highest BCUT2D eigenvalue weighted by molar-refractivity contribution is 5.95. The predicted molar refractivity (Wildman–Crippen MR) is 137 cm³/mol. The molecule has 0 radical (unpaired) electrons. The summed E-state index contributed by atoms with van der Waals surface area (Å²) < 4.78 is 11.8. The number of ether oxygens (including phenoxy) is 1. The van der Waals surface area contributed by atoms with Gasteiger partial charge in [-0.05, 0) is 42.8 Å². The van der Waals surface area contributed by atoms with Gasteiger partial charge in [-0.2, -0.15) is 5.26 Å². The molecule has 1 aliphatic rings. The van der Waals surface area contributed by atoms with Gasteiger partial charge in [0.15, 0.2) is 11.3 Å². The Labute approximate surface area is 208 Å². The van der Waals surface area contributed by atoms with Gasteiger partial charge in [-0.15, -0.1) is 0 Å². The standard InChI is InChI=1S/C27H26N6O3/c1-33(2)27(34)18-11-23(35-3)25(31-14-18)24-12-22-26(36-24)20(7-9-30-22)16-4-5-21(17(10-16)13-28)32-19-6-8-29-15-19/h4-5,7,9-12,14,19,29,32H,6,8,15H2,1-3H3. The maximum atomic E-state index is 12.3. The third-order valence-electron chi connectivity index (χ3n) is 6.24. The highest BCUT2D eigenvalue weighted by atomic mass is 16.5. The fourth-order valence-corrected chi connectivity index (χ4v) is 4.37. The molecule has 1 unspecified atom stereocenters. The van der Waals surface area contributed by atoms with Gasteiger partial charge in [0.1, 0.15) is 23.0 Å². The highest BCUT2D eigenvalue weighted by Crippen LogP contribution is 2.37. The van der Waals surface area contributed by atoms with Gasteiger partial charge in [0.2, 0.25) is 0 Å². The fraction of sp³-hybridized carbons (Fsp3) is 0.259. The number of rotatable bonds is 6. The molecule has 3 aromatic heterocycles. The number of amides is 1. The second kappa shape index (κ2) is 9.68. The minimum Gasteiger partial charge on any atom is -0.494 e. The zero-order valence-electron chi connectivity index (χ0n) is 20.3. The van der Waals surface area contributed by atoms with Crippen LogP contribution in [0.5, 0.6) is 5.75 Å². The first-order valence-corrected chi connectivity index (χ1v) is 11.6. The molecule has 1 fully saturated rings. The number of carbonyl (C=O) groups excluding carboxylic acids is 1. The average molecular weight is 483 g/mol. The van der Waals surface area contributed by atoms with E-state index in [9.17, 15) is 10.1 Å². The summed E-state index contributed by atoms with van der Waals surface area (Å²) in [6.45, 7) is 1.86. The van der Waals surface area contributed by atoms with E-state index in [1.165, 1.54) is 18.2 Å². The van der Waals surface area contributed by atoms with Crippen molar-refractivity contribution in [2.75, 3.05) is 39.6 Å². The van der Waals surface area contributed by atoms with E-state index in [4.69, 9.17) is 9.15 Å². The van der Waals surface area contributed by atoms with E-state index >= 15 is 0 Å². The van der Waals surface area contributed by atoms with Gasteiger partial charge >= 0.3 is 0 Å². The first-order valence-electron chi connectivity index (χ1n) is 11.6. The smallest absolute Gasteiger partial charge is 0.255 e. The molecular weight excluding hydrogens is 456 g/mol. The van der Waals surface area contributed by atoms with Crippen LogP contribution in [0.2, 0.25) is 0 Å². The number of furan rings is 1. The normalized spacial score (nSPS) is 15.0. The van der Waals surface area contributed by atoms with Crippen molar-refractivity contribution in [1.29, 1.82) is 5.26 Å². The molecule has 4 heterocycles. The molecule has 0 spiro atoms. The predicted octanol–water partition coefficient (Wildman–Crippen LogP) is 3.91. The molecule has 1 atom stereocenters. The minimum absolute atomic E-state index is 0.170. The van der Waals surface area contributed by atoms with E-state index in [-0.39, 0.29) is 5.91 Å². The molecule has 9 heteroatoms. The van der Waals surface area contributed by atoms with Crippen LogP contribution in [0.25, 0.3) is 33.7 Å². The monoisotopic (exact) mass is 482 g/mol. The lowest BCUT2D eigenvalue weighted by Gasteiger charge is -2.15. The molecule has 1 amide bonds. The molecule has 0 aliphatic carbocycles. The van der Waals surface area contributed by atoms with E-state index in [0.717, 1.165) is 36.3 Å². The number of aromatic nitrogens is 2. The van der Waals surface area contributed by atoms with Gasteiger partial charge in [-0.1, -0.05) is 6.07 Å². The number of carbonyl (C=O) groups is 1. The van der Waals surface area contributed by atoms with Gasteiger partial charge in [-0.3, -0.25) is 9.78 Å². The lowest BCUT2D eigenvalue weighted by atomic mass is 10.0. The van der Waals surface area contributed by atoms with Gasteiger partial charge < -0.3 is 24.7 Å². The van der Waals surface area contributed by atoms with Crippen LogP contribution in [0.4, 0.5) is 5.69 Å². The largest absolute Gasteiger partial charge is 0.494 e. The molecule has 1 aromatic carbocycles. The van der Waals surface area contributed by atoms with Crippen molar-refractivity contribution in [3.63, 3.8) is 0 Å². The molecule has 36 heavy (non-hydrogen) atoms. The summed E-state index contributed by atoms with van der Waals surface area (Å²) in [6, 6.07) is 13.7.